The second-order valence-electron chi connectivity index (χ2n) is 12.4. The highest BCUT2D eigenvalue weighted by Crippen LogP contribution is 2.60. The minimum absolute atomic E-state index is 0.0280. The molecule has 0 bridgehead atoms. The molecule has 3 aliphatic heterocycles. The number of imidazole rings is 2. The second-order valence-corrected chi connectivity index (χ2v) is 15.5. The highest BCUT2D eigenvalue weighted by atomic mass is 31.3. The van der Waals surface area contributed by atoms with E-state index in [0.29, 0.717) is 0 Å². The number of hydrogen-bond acceptors (Lipinski definition) is 23. The molecule has 55 heavy (non-hydrogen) atoms. The lowest BCUT2D eigenvalue weighted by molar-refractivity contribution is -0.0511. The second kappa shape index (κ2) is 15.0. The van der Waals surface area contributed by atoms with Crippen molar-refractivity contribution in [2.24, 2.45) is 0 Å². The van der Waals surface area contributed by atoms with Crippen LogP contribution in [0.25, 0.3) is 22.3 Å². The van der Waals surface area contributed by atoms with Gasteiger partial charge in [0.15, 0.2) is 41.3 Å². The molecule has 28 nitrogen and oxygen atoms in total. The zero-order chi connectivity index (χ0) is 39.6. The Bertz CT molecular complexity index is 2190. The normalized spacial score (nSPS) is 34.7. The Balaban J connectivity index is 0.941. The summed E-state index contributed by atoms with van der Waals surface area (Å²) in [5, 5.41) is 74.6. The van der Waals surface area contributed by atoms with E-state index in [0.717, 1.165) is 17.2 Å². The number of aromatic nitrogens is 8. The van der Waals surface area contributed by atoms with Gasteiger partial charge in [0.25, 0.3) is 5.56 Å². The van der Waals surface area contributed by atoms with E-state index < -0.39 is 115 Å². The van der Waals surface area contributed by atoms with Crippen molar-refractivity contribution < 1.29 is 82.2 Å². The molecule has 4 aromatic heterocycles. The van der Waals surface area contributed by atoms with Crippen LogP contribution in [0.4, 0.5) is 11.8 Å². The van der Waals surface area contributed by atoms with Gasteiger partial charge < -0.3 is 70.8 Å². The number of fused-ring (bicyclic) bond motifs is 2. The average molecular weight is 825 g/mol. The maximum Gasteiger partial charge on any atom is 0.481 e. The van der Waals surface area contributed by atoms with Crippen molar-refractivity contribution in [1.82, 2.24) is 39.0 Å². The maximum atomic E-state index is 12.7. The van der Waals surface area contributed by atoms with Gasteiger partial charge >= 0.3 is 15.6 Å². The highest BCUT2D eigenvalue weighted by Gasteiger charge is 2.48. The molecule has 7 heterocycles. The number of nitrogens with zero attached hydrogens (tertiary/aromatic N) is 7. The van der Waals surface area contributed by atoms with E-state index in [1.54, 1.807) is 0 Å². The molecule has 30 heteroatoms. The van der Waals surface area contributed by atoms with Crippen LogP contribution in [0.1, 0.15) is 12.5 Å². The molecule has 3 saturated heterocycles. The van der Waals surface area contributed by atoms with E-state index in [9.17, 15) is 59.5 Å². The predicted molar refractivity (Wildman–Crippen MR) is 174 cm³/mol. The van der Waals surface area contributed by atoms with Gasteiger partial charge in [-0.25, -0.2) is 29.1 Å². The minimum Gasteiger partial charge on any atom is -0.394 e. The van der Waals surface area contributed by atoms with Gasteiger partial charge in [0.2, 0.25) is 5.95 Å². The summed E-state index contributed by atoms with van der Waals surface area (Å²) in [5.41, 5.74) is 4.88. The fraction of sp³-hybridized carbons (Fsp3) is 0.600. The van der Waals surface area contributed by atoms with Crippen LogP contribution in [0, 0.1) is 0 Å². The zero-order valence-corrected chi connectivity index (χ0v) is 29.4. The lowest BCUT2D eigenvalue weighted by Gasteiger charge is -2.20. The smallest absolute Gasteiger partial charge is 0.394 e. The Kier molecular flexibility index (Phi) is 10.8. The number of rotatable bonds is 13. The quantitative estimate of drug-likeness (QED) is 0.0561. The summed E-state index contributed by atoms with van der Waals surface area (Å²) < 4.78 is 57.7. The van der Waals surface area contributed by atoms with Gasteiger partial charge in [-0.05, 0) is 0 Å². The number of hydrogen-bond donors (Lipinski definition) is 12. The number of phosphoric acid groups is 2. The summed E-state index contributed by atoms with van der Waals surface area (Å²) in [6.45, 7) is -2.58. The average Bonchev–Trinajstić information content (AvgIpc) is 3.93. The molecule has 0 radical (unpaired) electrons. The van der Waals surface area contributed by atoms with E-state index >= 15 is 0 Å². The SMILES string of the molecule is Nc1ncnc2c1ncn2[C@@H]1O[C@H](COP(=O)(O)OP(=O)(O)OC[C@H]2OC(Nc3nc4c(ncn4[C@@H]4O[C@H](CO)[C@@H](O)[C@H]4O)c(=O)[nH]3)[C@H](O)[C@@H]2O)[C@@H](O)[C@H]1O. The van der Waals surface area contributed by atoms with Crippen LogP contribution in [0.5, 0.6) is 0 Å². The first-order chi connectivity index (χ1) is 26.0. The molecule has 0 aliphatic carbocycles. The fourth-order valence-corrected chi connectivity index (χ4v) is 8.19. The Morgan fingerprint density at radius 3 is 1.93 bits per heavy atom. The number of aliphatic hydroxyl groups is 7. The number of aromatic amines is 1. The largest absolute Gasteiger partial charge is 0.481 e. The summed E-state index contributed by atoms with van der Waals surface area (Å²) in [6.07, 6.45) is -14.9. The molecule has 7 rings (SSSR count). The van der Waals surface area contributed by atoms with Crippen LogP contribution in [0.3, 0.4) is 0 Å². The van der Waals surface area contributed by atoms with Gasteiger partial charge in [-0.15, -0.1) is 0 Å². The van der Waals surface area contributed by atoms with Crippen LogP contribution < -0.4 is 16.6 Å². The zero-order valence-electron chi connectivity index (χ0n) is 27.6. The molecule has 3 aliphatic rings. The third kappa shape index (κ3) is 7.62. The lowest BCUT2D eigenvalue weighted by Crippen LogP contribution is -2.37. The first-order valence-electron chi connectivity index (χ1n) is 16.0. The molecule has 302 valence electrons. The van der Waals surface area contributed by atoms with Crippen molar-refractivity contribution in [3.05, 3.63) is 29.3 Å². The summed E-state index contributed by atoms with van der Waals surface area (Å²) in [7, 11) is -11.0. The summed E-state index contributed by atoms with van der Waals surface area (Å²) in [4.78, 5) is 55.3. The number of nitrogens with two attached hydrogens (primary N) is 1. The minimum atomic E-state index is -5.49. The highest BCUT2D eigenvalue weighted by molar-refractivity contribution is 7.61. The molecular formula is C25H34N10O18P2. The molecule has 0 spiro atoms. The monoisotopic (exact) mass is 824 g/mol. The molecule has 0 amide bonds. The van der Waals surface area contributed by atoms with Gasteiger partial charge in [-0.1, -0.05) is 0 Å². The van der Waals surface area contributed by atoms with E-state index in [4.69, 9.17) is 29.0 Å². The van der Waals surface area contributed by atoms with E-state index in [1.807, 2.05) is 0 Å². The fourth-order valence-electron chi connectivity index (χ4n) is 6.10. The van der Waals surface area contributed by atoms with Crippen molar-refractivity contribution >= 4 is 49.7 Å². The molecule has 0 saturated carbocycles. The van der Waals surface area contributed by atoms with Crippen molar-refractivity contribution in [2.75, 3.05) is 30.9 Å². The van der Waals surface area contributed by atoms with E-state index in [-0.39, 0.29) is 34.1 Å². The van der Waals surface area contributed by atoms with Gasteiger partial charge in [0, 0.05) is 0 Å². The summed E-state index contributed by atoms with van der Waals surface area (Å²) in [6, 6.07) is 0. The first-order valence-corrected chi connectivity index (χ1v) is 19.0. The number of phosphoric ester groups is 2. The Labute approximate surface area is 304 Å². The number of nitrogens with one attached hydrogen (secondary N) is 2. The first kappa shape index (κ1) is 39.6. The molecule has 14 atom stereocenters. The maximum absolute atomic E-state index is 12.7. The number of anilines is 2. The van der Waals surface area contributed by atoms with Crippen molar-refractivity contribution in [2.45, 2.75) is 73.6 Å². The number of nitrogen functional groups attached to an aromatic ring is 1. The number of H-pyrrole nitrogens is 1. The molecule has 3 unspecified atom stereocenters. The Hall–Kier alpha value is -3.64. The third-order valence-electron chi connectivity index (χ3n) is 8.87. The third-order valence-corrected chi connectivity index (χ3v) is 11.5. The van der Waals surface area contributed by atoms with Crippen LogP contribution >= 0.6 is 15.6 Å². The predicted octanol–water partition coefficient (Wildman–Crippen LogP) is -5.12. The molecule has 3 fully saturated rings. The van der Waals surface area contributed by atoms with Crippen molar-refractivity contribution in [3.63, 3.8) is 0 Å². The summed E-state index contributed by atoms with van der Waals surface area (Å²) >= 11 is 0. The standard InChI is InChI=1S/C25H34N10O18P2/c26-18-10-19(28-4-27-18)34(5-29-10)23-17(42)14(39)9(52-23)3-49-55(46,47)53-54(44,45)48-2-8-13(38)15(40)22(50-8)33-25-31-20-11(21(43)32-25)30-6-35(20)24-16(41)12(37)7(1-36)51-24/h4-9,12-17,22-24,36-42H,1-3H2,(H,44,45)(H,46,47)(H2,26,27,28)(H2,31,32,33,43)/t7-,8-,9-,12-,13-,14-,15-,16-,17-,22?,23-,24-/m1/s1. The Morgan fingerprint density at radius 1 is 0.764 bits per heavy atom. The van der Waals surface area contributed by atoms with Crippen LogP contribution in [0.2, 0.25) is 0 Å². The van der Waals surface area contributed by atoms with Crippen LogP contribution in [-0.4, -0.2) is 166 Å². The Morgan fingerprint density at radius 2 is 1.31 bits per heavy atom. The number of aliphatic hydroxyl groups excluding tert-OH is 7. The molecule has 4 aromatic rings. The van der Waals surface area contributed by atoms with Crippen LogP contribution in [0.15, 0.2) is 23.8 Å². The van der Waals surface area contributed by atoms with Crippen molar-refractivity contribution in [3.8, 4) is 0 Å². The van der Waals surface area contributed by atoms with Gasteiger partial charge in [0.05, 0.1) is 32.5 Å². The lowest BCUT2D eigenvalue weighted by atomic mass is 10.1. The number of ether oxygens (including phenoxy) is 3. The molecule has 13 N–H and O–H groups in total. The topological polar surface area (TPSA) is 417 Å². The van der Waals surface area contributed by atoms with Gasteiger partial charge in [0.1, 0.15) is 66.8 Å². The van der Waals surface area contributed by atoms with Gasteiger partial charge in [-0.2, -0.15) is 9.29 Å². The van der Waals surface area contributed by atoms with Crippen molar-refractivity contribution in [1.29, 1.82) is 0 Å². The summed E-state index contributed by atoms with van der Waals surface area (Å²) in [5.74, 6) is -0.328. The van der Waals surface area contributed by atoms with E-state index in [1.165, 1.54) is 10.9 Å². The molecular weight excluding hydrogens is 790 g/mol. The molecule has 0 aromatic carbocycles. The van der Waals surface area contributed by atoms with Crippen LogP contribution in [-0.2, 0) is 36.7 Å². The van der Waals surface area contributed by atoms with E-state index in [2.05, 4.69) is 39.5 Å². The van der Waals surface area contributed by atoms with Gasteiger partial charge in [-0.3, -0.25) is 28.0 Å².